The van der Waals surface area contributed by atoms with Crippen LogP contribution in [0.25, 0.3) is 0 Å². The lowest BCUT2D eigenvalue weighted by atomic mass is 10.0. The maximum atomic E-state index is 12.7. The number of amides is 2. The van der Waals surface area contributed by atoms with Gasteiger partial charge in [0.25, 0.3) is 5.91 Å². The summed E-state index contributed by atoms with van der Waals surface area (Å²) < 4.78 is 44.2. The highest BCUT2D eigenvalue weighted by molar-refractivity contribution is 9.10. The van der Waals surface area contributed by atoms with Gasteiger partial charge in [-0.1, -0.05) is 0 Å². The van der Waals surface area contributed by atoms with Gasteiger partial charge in [-0.25, -0.2) is 4.98 Å². The molecule has 7 nitrogen and oxygen atoms in total. The first-order valence-electron chi connectivity index (χ1n) is 9.99. The molecule has 32 heavy (non-hydrogen) atoms. The van der Waals surface area contributed by atoms with E-state index in [0.717, 1.165) is 9.37 Å². The Kier molecular flexibility index (Phi) is 6.38. The molecule has 2 aliphatic rings. The van der Waals surface area contributed by atoms with Crippen molar-refractivity contribution in [3.05, 3.63) is 52.6 Å². The summed E-state index contributed by atoms with van der Waals surface area (Å²) in [4.78, 5) is 32.7. The molecule has 11 heteroatoms. The van der Waals surface area contributed by atoms with Crippen LogP contribution in [0, 0.1) is 0 Å². The summed E-state index contributed by atoms with van der Waals surface area (Å²) in [7, 11) is 0. The van der Waals surface area contributed by atoms with E-state index in [4.69, 9.17) is 4.74 Å². The molecule has 0 saturated carbocycles. The predicted octanol–water partition coefficient (Wildman–Crippen LogP) is 3.17. The zero-order chi connectivity index (χ0) is 22.9. The van der Waals surface area contributed by atoms with Gasteiger partial charge in [0.15, 0.2) is 0 Å². The minimum atomic E-state index is -4.84. The van der Waals surface area contributed by atoms with Crippen molar-refractivity contribution < 1.29 is 27.5 Å². The van der Waals surface area contributed by atoms with Crippen LogP contribution in [-0.4, -0.2) is 83.0 Å². The Bertz CT molecular complexity index is 971. The smallest absolute Gasteiger partial charge is 0.439 e. The van der Waals surface area contributed by atoms with E-state index >= 15 is 0 Å². The molecule has 170 valence electrons. The molecule has 1 aromatic heterocycles. The van der Waals surface area contributed by atoms with Crippen molar-refractivity contribution in [1.29, 1.82) is 0 Å². The number of aromatic nitrogens is 1. The van der Waals surface area contributed by atoms with Gasteiger partial charge in [0.2, 0.25) is 5.88 Å². The van der Waals surface area contributed by atoms with Gasteiger partial charge >= 0.3 is 12.1 Å². The monoisotopic (exact) mass is 512 g/mol. The molecule has 3 heterocycles. The number of piperazine rings is 1. The van der Waals surface area contributed by atoms with Gasteiger partial charge in [0.05, 0.1) is 0 Å². The van der Waals surface area contributed by atoms with Gasteiger partial charge in [-0.3, -0.25) is 14.5 Å². The SMILES string of the molecule is O=C(c1ccc(Oc2ccc(Br)cn2)cc1)N1CC(N2CCN(C(=O)C(F)(F)F)CC2)C1. The van der Waals surface area contributed by atoms with Gasteiger partial charge < -0.3 is 14.5 Å². The zero-order valence-electron chi connectivity index (χ0n) is 16.9. The van der Waals surface area contributed by atoms with Crippen molar-refractivity contribution in [3.63, 3.8) is 0 Å². The second kappa shape index (κ2) is 9.07. The molecular formula is C21H20BrF3N4O3. The highest BCUT2D eigenvalue weighted by Crippen LogP contribution is 2.25. The van der Waals surface area contributed by atoms with E-state index < -0.39 is 12.1 Å². The molecule has 0 aliphatic carbocycles. The molecule has 0 bridgehead atoms. The lowest BCUT2D eigenvalue weighted by Gasteiger charge is -2.48. The van der Waals surface area contributed by atoms with Crippen LogP contribution in [0.3, 0.4) is 0 Å². The molecule has 2 fully saturated rings. The van der Waals surface area contributed by atoms with E-state index in [2.05, 4.69) is 20.9 Å². The fourth-order valence-corrected chi connectivity index (χ4v) is 3.95. The van der Waals surface area contributed by atoms with Crippen molar-refractivity contribution >= 4 is 27.7 Å². The number of hydrogen-bond acceptors (Lipinski definition) is 5. The van der Waals surface area contributed by atoms with Crippen LogP contribution in [-0.2, 0) is 4.79 Å². The average molecular weight is 513 g/mol. The summed E-state index contributed by atoms with van der Waals surface area (Å²) in [6, 6.07) is 10.4. The minimum absolute atomic E-state index is 0.0392. The number of likely N-dealkylation sites (tertiary alicyclic amines) is 1. The van der Waals surface area contributed by atoms with Crippen LogP contribution in [0.2, 0.25) is 0 Å². The molecule has 0 N–H and O–H groups in total. The van der Waals surface area contributed by atoms with Gasteiger partial charge in [-0.2, -0.15) is 13.2 Å². The molecular weight excluding hydrogens is 493 g/mol. The molecule has 0 radical (unpaired) electrons. The molecule has 2 saturated heterocycles. The lowest BCUT2D eigenvalue weighted by molar-refractivity contribution is -0.187. The molecule has 1 aromatic carbocycles. The number of hydrogen-bond donors (Lipinski definition) is 0. The van der Waals surface area contributed by atoms with Crippen LogP contribution in [0.15, 0.2) is 47.1 Å². The Morgan fingerprint density at radius 1 is 0.969 bits per heavy atom. The van der Waals surface area contributed by atoms with Crippen molar-refractivity contribution in [2.45, 2.75) is 12.2 Å². The normalized spacial score (nSPS) is 17.8. The van der Waals surface area contributed by atoms with Crippen LogP contribution >= 0.6 is 15.9 Å². The fraction of sp³-hybridized carbons (Fsp3) is 0.381. The number of nitrogens with zero attached hydrogens (tertiary/aromatic N) is 4. The number of pyridine rings is 1. The Labute approximate surface area is 190 Å². The van der Waals surface area contributed by atoms with E-state index in [9.17, 15) is 22.8 Å². The van der Waals surface area contributed by atoms with Crippen molar-refractivity contribution in [3.8, 4) is 11.6 Å². The summed E-state index contributed by atoms with van der Waals surface area (Å²) in [6.45, 7) is 1.82. The molecule has 4 rings (SSSR count). The average Bonchev–Trinajstić information content (AvgIpc) is 2.74. The standard InChI is InChI=1S/C21H20BrF3N4O3/c22-15-3-6-18(26-11-15)32-17-4-1-14(2-5-17)19(30)29-12-16(13-29)27-7-9-28(10-8-27)20(31)21(23,24)25/h1-6,11,16H,7-10,12-13H2. The van der Waals surface area contributed by atoms with Crippen molar-refractivity contribution in [2.24, 2.45) is 0 Å². The Balaban J connectivity index is 1.25. The Hall–Kier alpha value is -2.66. The van der Waals surface area contributed by atoms with Gasteiger partial charge in [-0.15, -0.1) is 0 Å². The highest BCUT2D eigenvalue weighted by atomic mass is 79.9. The summed E-state index contributed by atoms with van der Waals surface area (Å²) >= 11 is 3.31. The first-order chi connectivity index (χ1) is 15.2. The molecule has 2 aromatic rings. The second-order valence-corrected chi connectivity index (χ2v) is 8.55. The Morgan fingerprint density at radius 2 is 1.62 bits per heavy atom. The molecule has 0 atom stereocenters. The maximum Gasteiger partial charge on any atom is 0.471 e. The first-order valence-corrected chi connectivity index (χ1v) is 10.8. The fourth-order valence-electron chi connectivity index (χ4n) is 3.71. The van der Waals surface area contributed by atoms with Crippen molar-refractivity contribution in [2.75, 3.05) is 39.3 Å². The van der Waals surface area contributed by atoms with E-state index in [1.165, 1.54) is 0 Å². The molecule has 2 amide bonds. The van der Waals surface area contributed by atoms with Crippen LogP contribution in [0.4, 0.5) is 13.2 Å². The first kappa shape index (κ1) is 22.5. The summed E-state index contributed by atoms with van der Waals surface area (Å²) in [5.74, 6) is -0.898. The zero-order valence-corrected chi connectivity index (χ0v) is 18.5. The quantitative estimate of drug-likeness (QED) is 0.629. The van der Waals surface area contributed by atoms with Crippen LogP contribution in [0.5, 0.6) is 11.6 Å². The van der Waals surface area contributed by atoms with Crippen LogP contribution in [0.1, 0.15) is 10.4 Å². The van der Waals surface area contributed by atoms with Crippen molar-refractivity contribution in [1.82, 2.24) is 19.7 Å². The number of halogens is 4. The summed E-state index contributed by atoms with van der Waals surface area (Å²) in [5, 5.41) is 0. The third kappa shape index (κ3) is 5.04. The predicted molar refractivity (Wildman–Crippen MR) is 112 cm³/mol. The lowest BCUT2D eigenvalue weighted by Crippen LogP contribution is -2.65. The van der Waals surface area contributed by atoms with Crippen LogP contribution < -0.4 is 4.74 Å². The second-order valence-electron chi connectivity index (χ2n) is 7.63. The molecule has 2 aliphatic heterocycles. The van der Waals surface area contributed by atoms with E-state index in [1.54, 1.807) is 41.4 Å². The molecule has 0 spiro atoms. The van der Waals surface area contributed by atoms with E-state index in [1.807, 2.05) is 11.0 Å². The highest BCUT2D eigenvalue weighted by Gasteiger charge is 2.44. The number of benzene rings is 1. The largest absolute Gasteiger partial charge is 0.471 e. The topological polar surface area (TPSA) is 66.0 Å². The van der Waals surface area contributed by atoms with E-state index in [-0.39, 0.29) is 25.0 Å². The Morgan fingerprint density at radius 3 is 2.19 bits per heavy atom. The third-order valence-corrected chi connectivity index (χ3v) is 6.00. The number of ether oxygens (including phenoxy) is 1. The summed E-state index contributed by atoms with van der Waals surface area (Å²) in [5.41, 5.74) is 0.528. The van der Waals surface area contributed by atoms with Gasteiger partial charge in [0.1, 0.15) is 5.75 Å². The number of carbonyl (C=O) groups is 2. The number of rotatable bonds is 4. The van der Waals surface area contributed by atoms with E-state index in [0.29, 0.717) is 43.4 Å². The molecule has 0 unspecified atom stereocenters. The number of carbonyl (C=O) groups excluding carboxylic acids is 2. The van der Waals surface area contributed by atoms with Gasteiger partial charge in [0, 0.05) is 67.6 Å². The number of alkyl halides is 3. The third-order valence-electron chi connectivity index (χ3n) is 5.53. The summed E-state index contributed by atoms with van der Waals surface area (Å²) in [6.07, 6.45) is -3.21. The minimum Gasteiger partial charge on any atom is -0.439 e. The maximum absolute atomic E-state index is 12.7. The van der Waals surface area contributed by atoms with Gasteiger partial charge in [-0.05, 0) is 46.3 Å².